The summed E-state index contributed by atoms with van der Waals surface area (Å²) in [7, 11) is 0. The van der Waals surface area contributed by atoms with Gasteiger partial charge in [0.1, 0.15) is 5.76 Å². The van der Waals surface area contributed by atoms with Gasteiger partial charge in [-0.2, -0.15) is 0 Å². The summed E-state index contributed by atoms with van der Waals surface area (Å²) in [5.74, 6) is 0.913. The molecule has 0 saturated carbocycles. The van der Waals surface area contributed by atoms with Crippen molar-refractivity contribution in [1.82, 2.24) is 15.2 Å². The second kappa shape index (κ2) is 9.81. The number of aryl methyl sites for hydroxylation is 1. The largest absolute Gasteiger partial charge is 0.441 e. The van der Waals surface area contributed by atoms with Gasteiger partial charge in [0.05, 0.1) is 6.42 Å². The van der Waals surface area contributed by atoms with E-state index in [1.807, 2.05) is 59.5 Å². The zero-order chi connectivity index (χ0) is 22.5. The maximum atomic E-state index is 13.0. The lowest BCUT2D eigenvalue weighted by molar-refractivity contribution is -0.120. The maximum Gasteiger partial charge on any atom is 0.276 e. The highest BCUT2D eigenvalue weighted by Gasteiger charge is 2.28. The number of carbonyl (C=O) groups is 2. The Kier molecular flexibility index (Phi) is 6.69. The Labute approximate surface area is 188 Å². The highest BCUT2D eigenvalue weighted by molar-refractivity contribution is 5.94. The first-order valence-corrected chi connectivity index (χ1v) is 11.2. The Hall–Kier alpha value is -3.41. The molecular formula is C26H29N3O3. The van der Waals surface area contributed by atoms with Gasteiger partial charge in [-0.15, -0.1) is 0 Å². The van der Waals surface area contributed by atoms with E-state index in [1.165, 1.54) is 0 Å². The first kappa shape index (κ1) is 21.8. The van der Waals surface area contributed by atoms with Crippen molar-refractivity contribution >= 4 is 11.8 Å². The van der Waals surface area contributed by atoms with Gasteiger partial charge in [0, 0.05) is 24.7 Å². The van der Waals surface area contributed by atoms with Crippen molar-refractivity contribution in [2.75, 3.05) is 6.54 Å². The summed E-state index contributed by atoms with van der Waals surface area (Å²) in [4.78, 5) is 31.5. The second-order valence-electron chi connectivity index (χ2n) is 8.40. The van der Waals surface area contributed by atoms with E-state index in [2.05, 4.69) is 17.2 Å². The van der Waals surface area contributed by atoms with Crippen LogP contribution in [-0.2, 0) is 17.8 Å². The molecule has 3 aromatic rings. The van der Waals surface area contributed by atoms with Gasteiger partial charge in [-0.3, -0.25) is 9.59 Å². The molecule has 1 aliphatic heterocycles. The minimum absolute atomic E-state index is 0.0151. The molecule has 2 amide bonds. The number of oxazole rings is 1. The molecule has 1 aliphatic rings. The van der Waals surface area contributed by atoms with Crippen LogP contribution in [0.4, 0.5) is 0 Å². The molecule has 1 atom stereocenters. The molecule has 6 heteroatoms. The number of nitrogens with one attached hydrogen (secondary N) is 1. The molecule has 1 aromatic heterocycles. The summed E-state index contributed by atoms with van der Waals surface area (Å²) in [5, 5.41) is 2.95. The van der Waals surface area contributed by atoms with Crippen LogP contribution in [0.1, 0.15) is 53.6 Å². The molecular weight excluding hydrogens is 402 g/mol. The Morgan fingerprint density at radius 2 is 1.81 bits per heavy atom. The molecule has 0 spiro atoms. The van der Waals surface area contributed by atoms with Crippen LogP contribution >= 0.6 is 0 Å². The minimum Gasteiger partial charge on any atom is -0.441 e. The molecule has 0 radical (unpaired) electrons. The number of nitrogens with zero attached hydrogens (tertiary/aromatic N) is 2. The van der Waals surface area contributed by atoms with E-state index in [-0.39, 0.29) is 17.9 Å². The number of carbonyl (C=O) groups excluding carboxylic acids is 2. The molecule has 166 valence electrons. The standard InChI is InChI=1S/C26H29N3O3/c1-18-8-6-7-15-29(18)26(31)24-19(2)32-25(28-24)22-13-11-21(12-14-22)17-27-23(30)16-20-9-4-3-5-10-20/h3-5,9-14,18H,6-8,15-17H2,1-2H3,(H,27,30). The van der Waals surface area contributed by atoms with Crippen LogP contribution in [0.2, 0.25) is 0 Å². The summed E-state index contributed by atoms with van der Waals surface area (Å²) >= 11 is 0. The second-order valence-corrected chi connectivity index (χ2v) is 8.40. The van der Waals surface area contributed by atoms with Crippen LogP contribution in [0.25, 0.3) is 11.5 Å². The van der Waals surface area contributed by atoms with Gasteiger partial charge in [-0.05, 0) is 56.4 Å². The van der Waals surface area contributed by atoms with Crippen LogP contribution in [0.5, 0.6) is 0 Å². The number of hydrogen-bond donors (Lipinski definition) is 1. The molecule has 1 saturated heterocycles. The fourth-order valence-corrected chi connectivity index (χ4v) is 4.06. The summed E-state index contributed by atoms with van der Waals surface area (Å²) in [5.41, 5.74) is 3.17. The fourth-order valence-electron chi connectivity index (χ4n) is 4.06. The fraction of sp³-hybridized carbons (Fsp3) is 0.346. The molecule has 32 heavy (non-hydrogen) atoms. The number of aromatic nitrogens is 1. The van der Waals surface area contributed by atoms with E-state index in [1.54, 1.807) is 6.92 Å². The number of hydrogen-bond acceptors (Lipinski definition) is 4. The quantitative estimate of drug-likeness (QED) is 0.622. The van der Waals surface area contributed by atoms with Gasteiger partial charge in [0.15, 0.2) is 5.69 Å². The van der Waals surface area contributed by atoms with Crippen LogP contribution < -0.4 is 5.32 Å². The molecule has 2 aromatic carbocycles. The number of piperidine rings is 1. The normalized spacial score (nSPS) is 16.1. The maximum absolute atomic E-state index is 13.0. The van der Waals surface area contributed by atoms with E-state index >= 15 is 0 Å². The predicted octanol–water partition coefficient (Wildman–Crippen LogP) is 4.52. The number of likely N-dealkylation sites (tertiary alicyclic amines) is 1. The highest BCUT2D eigenvalue weighted by Crippen LogP contribution is 2.25. The van der Waals surface area contributed by atoms with Crippen molar-refractivity contribution < 1.29 is 14.0 Å². The third kappa shape index (κ3) is 5.07. The molecule has 0 aliphatic carbocycles. The van der Waals surface area contributed by atoms with E-state index < -0.39 is 0 Å². The van der Waals surface area contributed by atoms with Crippen molar-refractivity contribution in [1.29, 1.82) is 0 Å². The van der Waals surface area contributed by atoms with Crippen molar-refractivity contribution in [3.63, 3.8) is 0 Å². The zero-order valence-electron chi connectivity index (χ0n) is 18.6. The molecule has 1 N–H and O–H groups in total. The van der Waals surface area contributed by atoms with Crippen LogP contribution in [0, 0.1) is 6.92 Å². The number of rotatable bonds is 6. The van der Waals surface area contributed by atoms with Gasteiger partial charge < -0.3 is 14.6 Å². The summed E-state index contributed by atoms with van der Waals surface area (Å²) in [6.45, 7) is 5.10. The average Bonchev–Trinajstić information content (AvgIpc) is 3.20. The van der Waals surface area contributed by atoms with Crippen molar-refractivity contribution in [2.24, 2.45) is 0 Å². The lowest BCUT2D eigenvalue weighted by Gasteiger charge is -2.32. The lowest BCUT2D eigenvalue weighted by Crippen LogP contribution is -2.42. The highest BCUT2D eigenvalue weighted by atomic mass is 16.4. The Morgan fingerprint density at radius 3 is 2.53 bits per heavy atom. The van der Waals surface area contributed by atoms with E-state index in [0.717, 1.165) is 42.5 Å². The number of benzene rings is 2. The third-order valence-corrected chi connectivity index (χ3v) is 5.96. The monoisotopic (exact) mass is 431 g/mol. The first-order chi connectivity index (χ1) is 15.5. The number of amides is 2. The molecule has 0 bridgehead atoms. The molecule has 1 fully saturated rings. The molecule has 4 rings (SSSR count). The molecule has 6 nitrogen and oxygen atoms in total. The Bertz CT molecular complexity index is 1070. The van der Waals surface area contributed by atoms with Crippen LogP contribution in [-0.4, -0.2) is 34.3 Å². The van der Waals surface area contributed by atoms with Crippen molar-refractivity contribution in [3.8, 4) is 11.5 Å². The van der Waals surface area contributed by atoms with E-state index in [0.29, 0.717) is 30.3 Å². The summed E-state index contributed by atoms with van der Waals surface area (Å²) in [6, 6.07) is 17.6. The topological polar surface area (TPSA) is 75.4 Å². The van der Waals surface area contributed by atoms with Gasteiger partial charge >= 0.3 is 0 Å². The Morgan fingerprint density at radius 1 is 1.06 bits per heavy atom. The van der Waals surface area contributed by atoms with Crippen LogP contribution in [0.3, 0.4) is 0 Å². The SMILES string of the molecule is Cc1oc(-c2ccc(CNC(=O)Cc3ccccc3)cc2)nc1C(=O)N1CCCCC1C. The lowest BCUT2D eigenvalue weighted by atomic mass is 10.0. The van der Waals surface area contributed by atoms with Crippen molar-refractivity contribution in [3.05, 3.63) is 77.2 Å². The minimum atomic E-state index is -0.0533. The first-order valence-electron chi connectivity index (χ1n) is 11.2. The van der Waals surface area contributed by atoms with E-state index in [4.69, 9.17) is 4.42 Å². The smallest absolute Gasteiger partial charge is 0.276 e. The van der Waals surface area contributed by atoms with Crippen molar-refractivity contribution in [2.45, 2.75) is 52.1 Å². The van der Waals surface area contributed by atoms with Crippen LogP contribution in [0.15, 0.2) is 59.0 Å². The molecule has 1 unspecified atom stereocenters. The third-order valence-electron chi connectivity index (χ3n) is 5.96. The van der Waals surface area contributed by atoms with Gasteiger partial charge in [0.25, 0.3) is 5.91 Å². The summed E-state index contributed by atoms with van der Waals surface area (Å²) in [6.07, 6.45) is 3.58. The summed E-state index contributed by atoms with van der Waals surface area (Å²) < 4.78 is 5.82. The zero-order valence-corrected chi connectivity index (χ0v) is 18.6. The van der Waals surface area contributed by atoms with E-state index in [9.17, 15) is 9.59 Å². The van der Waals surface area contributed by atoms with Gasteiger partial charge in [0.2, 0.25) is 11.8 Å². The predicted molar refractivity (Wildman–Crippen MR) is 123 cm³/mol. The molecule has 2 heterocycles. The Balaban J connectivity index is 1.38. The van der Waals surface area contributed by atoms with Gasteiger partial charge in [-0.25, -0.2) is 4.98 Å². The van der Waals surface area contributed by atoms with Gasteiger partial charge in [-0.1, -0.05) is 42.5 Å². The average molecular weight is 432 g/mol.